The van der Waals surface area contributed by atoms with E-state index < -0.39 is 0 Å². The quantitative estimate of drug-likeness (QED) is 0.787. The normalized spacial score (nSPS) is 15.7. The summed E-state index contributed by atoms with van der Waals surface area (Å²) in [6.45, 7) is 8.64. The molecule has 3 rings (SSSR count). The van der Waals surface area contributed by atoms with E-state index in [4.69, 9.17) is 4.98 Å². The lowest BCUT2D eigenvalue weighted by atomic mass is 10.0. The lowest BCUT2D eigenvalue weighted by Gasteiger charge is -2.35. The van der Waals surface area contributed by atoms with Crippen LogP contribution in [0.1, 0.15) is 31.7 Å². The van der Waals surface area contributed by atoms with E-state index in [2.05, 4.69) is 36.3 Å². The van der Waals surface area contributed by atoms with Gasteiger partial charge in [-0.05, 0) is 12.8 Å². The Morgan fingerprint density at radius 1 is 1.12 bits per heavy atom. The number of carbonyl (C=O) groups is 1. The van der Waals surface area contributed by atoms with Crippen LogP contribution in [0.25, 0.3) is 11.3 Å². The van der Waals surface area contributed by atoms with Crippen LogP contribution in [0.3, 0.4) is 0 Å². The summed E-state index contributed by atoms with van der Waals surface area (Å²) < 4.78 is 0. The summed E-state index contributed by atoms with van der Waals surface area (Å²) >= 11 is 1.72. The molecule has 0 bridgehead atoms. The van der Waals surface area contributed by atoms with Gasteiger partial charge in [0.05, 0.1) is 12.2 Å². The fourth-order valence-electron chi connectivity index (χ4n) is 3.34. The Bertz CT molecular complexity index is 673. The van der Waals surface area contributed by atoms with Crippen LogP contribution in [0, 0.1) is 5.92 Å². The molecule has 2 heterocycles. The summed E-state index contributed by atoms with van der Waals surface area (Å²) in [7, 11) is 0. The fourth-order valence-corrected chi connectivity index (χ4v) is 4.18. The first kappa shape index (κ1) is 18.1. The second-order valence-electron chi connectivity index (χ2n) is 6.61. The van der Waals surface area contributed by atoms with E-state index in [1.54, 1.807) is 11.3 Å². The molecule has 134 valence electrons. The highest BCUT2D eigenvalue weighted by Crippen LogP contribution is 2.23. The maximum atomic E-state index is 12.5. The van der Waals surface area contributed by atoms with E-state index in [0.29, 0.717) is 5.91 Å². The van der Waals surface area contributed by atoms with Crippen LogP contribution in [0.2, 0.25) is 0 Å². The van der Waals surface area contributed by atoms with E-state index in [1.165, 1.54) is 5.56 Å². The van der Waals surface area contributed by atoms with Crippen LogP contribution in [-0.2, 0) is 11.3 Å². The van der Waals surface area contributed by atoms with Gasteiger partial charge in [0.2, 0.25) is 5.91 Å². The van der Waals surface area contributed by atoms with Gasteiger partial charge in [-0.2, -0.15) is 0 Å². The number of nitrogens with zero attached hydrogens (tertiary/aromatic N) is 3. The van der Waals surface area contributed by atoms with Crippen LogP contribution in [-0.4, -0.2) is 46.9 Å². The molecule has 0 unspecified atom stereocenters. The highest BCUT2D eigenvalue weighted by atomic mass is 32.1. The molecule has 1 aromatic heterocycles. The number of amides is 1. The molecule has 0 aliphatic carbocycles. The largest absolute Gasteiger partial charge is 0.340 e. The second kappa shape index (κ2) is 8.59. The molecule has 0 spiro atoms. The lowest BCUT2D eigenvalue weighted by molar-refractivity contribution is -0.137. The summed E-state index contributed by atoms with van der Waals surface area (Å²) in [6.07, 6.45) is 1.88. The molecule has 0 atom stereocenters. The smallest absolute Gasteiger partial charge is 0.225 e. The van der Waals surface area contributed by atoms with Gasteiger partial charge < -0.3 is 4.90 Å². The fraction of sp³-hybridized carbons (Fsp3) is 0.500. The summed E-state index contributed by atoms with van der Waals surface area (Å²) in [6, 6.07) is 10.3. The van der Waals surface area contributed by atoms with E-state index in [-0.39, 0.29) is 5.92 Å². The van der Waals surface area contributed by atoms with Crippen molar-refractivity contribution in [3.8, 4) is 11.3 Å². The molecular formula is C20H27N3OS. The lowest BCUT2D eigenvalue weighted by Crippen LogP contribution is -2.49. The molecular weight excluding hydrogens is 330 g/mol. The standard InChI is InChI=1S/C20H27N3OS/c1-3-16(4-2)20(24)23-12-10-22(11-13-23)14-19-21-18(15-25-19)17-8-6-5-7-9-17/h5-9,15-16H,3-4,10-14H2,1-2H3. The minimum atomic E-state index is 0.193. The Kier molecular flexibility index (Phi) is 6.21. The molecule has 0 N–H and O–H groups in total. The molecule has 1 aromatic carbocycles. The van der Waals surface area contributed by atoms with Crippen molar-refractivity contribution in [1.82, 2.24) is 14.8 Å². The van der Waals surface area contributed by atoms with Crippen molar-refractivity contribution in [3.63, 3.8) is 0 Å². The van der Waals surface area contributed by atoms with Crippen molar-refractivity contribution in [3.05, 3.63) is 40.7 Å². The number of thiazole rings is 1. The van der Waals surface area contributed by atoms with Crippen LogP contribution < -0.4 is 0 Å². The average Bonchev–Trinajstić information content (AvgIpc) is 3.12. The Morgan fingerprint density at radius 2 is 1.80 bits per heavy atom. The molecule has 0 saturated carbocycles. The molecule has 1 aliphatic rings. The van der Waals surface area contributed by atoms with E-state index in [9.17, 15) is 4.79 Å². The summed E-state index contributed by atoms with van der Waals surface area (Å²) in [5, 5.41) is 3.29. The number of aromatic nitrogens is 1. The number of piperazine rings is 1. The Balaban J connectivity index is 1.53. The first-order valence-electron chi connectivity index (χ1n) is 9.22. The van der Waals surface area contributed by atoms with Gasteiger partial charge in [0, 0.05) is 43.0 Å². The van der Waals surface area contributed by atoms with Gasteiger partial charge >= 0.3 is 0 Å². The maximum absolute atomic E-state index is 12.5. The van der Waals surface area contributed by atoms with Crippen molar-refractivity contribution in [1.29, 1.82) is 0 Å². The number of hydrogen-bond donors (Lipinski definition) is 0. The van der Waals surface area contributed by atoms with Gasteiger partial charge in [-0.25, -0.2) is 4.98 Å². The van der Waals surface area contributed by atoms with Crippen LogP contribution in [0.15, 0.2) is 35.7 Å². The molecule has 5 heteroatoms. The highest BCUT2D eigenvalue weighted by molar-refractivity contribution is 7.09. The molecule has 1 fully saturated rings. The molecule has 25 heavy (non-hydrogen) atoms. The molecule has 1 aliphatic heterocycles. The third-order valence-corrected chi connectivity index (χ3v) is 5.83. The van der Waals surface area contributed by atoms with Gasteiger partial charge in [0.25, 0.3) is 0 Å². The van der Waals surface area contributed by atoms with Crippen molar-refractivity contribution in [2.75, 3.05) is 26.2 Å². The van der Waals surface area contributed by atoms with Crippen molar-refractivity contribution < 1.29 is 4.79 Å². The zero-order valence-electron chi connectivity index (χ0n) is 15.1. The first-order chi connectivity index (χ1) is 12.2. The average molecular weight is 358 g/mol. The zero-order valence-corrected chi connectivity index (χ0v) is 16.0. The summed E-state index contributed by atoms with van der Waals surface area (Å²) in [4.78, 5) is 21.7. The van der Waals surface area contributed by atoms with Gasteiger partial charge in [0.15, 0.2) is 0 Å². The molecule has 1 amide bonds. The predicted octanol–water partition coefficient (Wildman–Crippen LogP) is 3.89. The van der Waals surface area contributed by atoms with E-state index in [1.807, 2.05) is 23.1 Å². The molecule has 1 saturated heterocycles. The van der Waals surface area contributed by atoms with Crippen LogP contribution >= 0.6 is 11.3 Å². The minimum absolute atomic E-state index is 0.193. The summed E-state index contributed by atoms with van der Waals surface area (Å²) in [5.41, 5.74) is 2.23. The number of benzene rings is 1. The highest BCUT2D eigenvalue weighted by Gasteiger charge is 2.25. The Labute approximate surface area is 154 Å². The Morgan fingerprint density at radius 3 is 2.44 bits per heavy atom. The third kappa shape index (κ3) is 4.47. The van der Waals surface area contributed by atoms with Crippen molar-refractivity contribution in [2.24, 2.45) is 5.92 Å². The van der Waals surface area contributed by atoms with Gasteiger partial charge in [-0.3, -0.25) is 9.69 Å². The third-order valence-electron chi connectivity index (χ3n) is 5.00. The topological polar surface area (TPSA) is 36.4 Å². The number of rotatable bonds is 6. The van der Waals surface area contributed by atoms with E-state index >= 15 is 0 Å². The summed E-state index contributed by atoms with van der Waals surface area (Å²) in [5.74, 6) is 0.532. The van der Waals surface area contributed by atoms with Crippen molar-refractivity contribution in [2.45, 2.75) is 33.2 Å². The molecule has 0 radical (unpaired) electrons. The van der Waals surface area contributed by atoms with Crippen molar-refractivity contribution >= 4 is 17.2 Å². The first-order valence-corrected chi connectivity index (χ1v) is 10.1. The SMILES string of the molecule is CCC(CC)C(=O)N1CCN(Cc2nc(-c3ccccc3)cs2)CC1. The van der Waals surface area contributed by atoms with Gasteiger partial charge in [0.1, 0.15) is 5.01 Å². The van der Waals surface area contributed by atoms with Gasteiger partial charge in [-0.1, -0.05) is 44.2 Å². The Hall–Kier alpha value is -1.72. The number of hydrogen-bond acceptors (Lipinski definition) is 4. The van der Waals surface area contributed by atoms with E-state index in [0.717, 1.165) is 56.3 Å². The second-order valence-corrected chi connectivity index (χ2v) is 7.55. The zero-order chi connectivity index (χ0) is 17.6. The molecule has 4 nitrogen and oxygen atoms in total. The maximum Gasteiger partial charge on any atom is 0.225 e. The minimum Gasteiger partial charge on any atom is -0.340 e. The molecule has 2 aromatic rings. The van der Waals surface area contributed by atoms with Crippen LogP contribution in [0.5, 0.6) is 0 Å². The number of carbonyl (C=O) groups excluding carboxylic acids is 1. The predicted molar refractivity (Wildman–Crippen MR) is 103 cm³/mol. The van der Waals surface area contributed by atoms with Gasteiger partial charge in [-0.15, -0.1) is 11.3 Å². The van der Waals surface area contributed by atoms with Crippen LogP contribution in [0.4, 0.5) is 0 Å². The monoisotopic (exact) mass is 357 g/mol.